The van der Waals surface area contributed by atoms with Gasteiger partial charge in [-0.25, -0.2) is 0 Å². The van der Waals surface area contributed by atoms with Crippen molar-refractivity contribution in [1.29, 1.82) is 0 Å². The van der Waals surface area contributed by atoms with Gasteiger partial charge in [0.25, 0.3) is 5.89 Å². The molecule has 0 aliphatic heterocycles. The smallest absolute Gasteiger partial charge is 0.253 e. The van der Waals surface area contributed by atoms with Crippen LogP contribution in [0.4, 0.5) is 0 Å². The molecule has 0 aliphatic rings. The van der Waals surface area contributed by atoms with Crippen molar-refractivity contribution in [2.75, 3.05) is 0 Å². The zero-order chi connectivity index (χ0) is 11.4. The number of nitrogens with zero attached hydrogens (tertiary/aromatic N) is 2. The van der Waals surface area contributed by atoms with E-state index in [2.05, 4.69) is 26.1 Å². The van der Waals surface area contributed by atoms with Crippen molar-refractivity contribution >= 4 is 15.9 Å². The Morgan fingerprint density at radius 2 is 1.88 bits per heavy atom. The highest BCUT2D eigenvalue weighted by atomic mass is 79.9. The second-order valence-electron chi connectivity index (χ2n) is 3.19. The van der Waals surface area contributed by atoms with Crippen LogP contribution in [-0.2, 0) is 13.0 Å². The normalized spacial score (nSPS) is 10.4. The van der Waals surface area contributed by atoms with E-state index in [4.69, 9.17) is 9.15 Å². The number of aryl methyl sites for hydroxylation is 1. The Balaban J connectivity index is 1.94. The fourth-order valence-corrected chi connectivity index (χ4v) is 1.43. The molecule has 1 aromatic heterocycles. The van der Waals surface area contributed by atoms with Gasteiger partial charge < -0.3 is 9.15 Å². The van der Waals surface area contributed by atoms with E-state index >= 15 is 0 Å². The highest BCUT2D eigenvalue weighted by molar-refractivity contribution is 9.10. The van der Waals surface area contributed by atoms with Crippen LogP contribution in [0, 0.1) is 0 Å². The molecule has 0 saturated carbocycles. The van der Waals surface area contributed by atoms with Gasteiger partial charge in [0.1, 0.15) is 5.75 Å². The van der Waals surface area contributed by atoms with Gasteiger partial charge in [0, 0.05) is 10.9 Å². The molecule has 1 heterocycles. The van der Waals surface area contributed by atoms with Gasteiger partial charge in [0.15, 0.2) is 6.61 Å². The third-order valence-electron chi connectivity index (χ3n) is 1.99. The first-order chi connectivity index (χ1) is 7.78. The fourth-order valence-electron chi connectivity index (χ4n) is 1.17. The summed E-state index contributed by atoms with van der Waals surface area (Å²) in [5, 5.41) is 7.73. The largest absolute Gasteiger partial charge is 0.484 e. The van der Waals surface area contributed by atoms with Crippen LogP contribution in [0.1, 0.15) is 18.7 Å². The average molecular weight is 283 g/mol. The van der Waals surface area contributed by atoms with Crippen LogP contribution in [0.25, 0.3) is 0 Å². The van der Waals surface area contributed by atoms with E-state index in [1.165, 1.54) is 0 Å². The van der Waals surface area contributed by atoms with Crippen LogP contribution in [0.5, 0.6) is 5.75 Å². The van der Waals surface area contributed by atoms with E-state index in [0.29, 0.717) is 18.4 Å². The second kappa shape index (κ2) is 5.12. The van der Waals surface area contributed by atoms with Gasteiger partial charge in [-0.05, 0) is 24.3 Å². The first-order valence-electron chi connectivity index (χ1n) is 4.97. The molecule has 0 aliphatic carbocycles. The van der Waals surface area contributed by atoms with Crippen molar-refractivity contribution in [3.05, 3.63) is 40.5 Å². The molecule has 0 spiro atoms. The minimum atomic E-state index is 0.300. The quantitative estimate of drug-likeness (QED) is 0.865. The number of ether oxygens (including phenoxy) is 1. The summed E-state index contributed by atoms with van der Waals surface area (Å²) in [4.78, 5) is 0. The van der Waals surface area contributed by atoms with Gasteiger partial charge >= 0.3 is 0 Å². The number of benzene rings is 1. The molecule has 0 unspecified atom stereocenters. The zero-order valence-electron chi connectivity index (χ0n) is 8.81. The maximum Gasteiger partial charge on any atom is 0.253 e. The molecule has 5 heteroatoms. The first kappa shape index (κ1) is 11.1. The molecule has 84 valence electrons. The Bertz CT molecular complexity index is 453. The van der Waals surface area contributed by atoms with Gasteiger partial charge in [-0.1, -0.05) is 22.9 Å². The van der Waals surface area contributed by atoms with Gasteiger partial charge in [0.2, 0.25) is 5.89 Å². The number of rotatable bonds is 4. The fraction of sp³-hybridized carbons (Fsp3) is 0.273. The molecule has 2 rings (SSSR count). The standard InChI is InChI=1S/C11H11BrN2O2/c1-2-10-13-14-11(16-10)7-15-9-5-3-8(12)4-6-9/h3-6H,2,7H2,1H3. The molecule has 2 aromatic rings. The summed E-state index contributed by atoms with van der Waals surface area (Å²) >= 11 is 3.36. The maximum absolute atomic E-state index is 5.49. The topological polar surface area (TPSA) is 48.2 Å². The van der Waals surface area contributed by atoms with Crippen molar-refractivity contribution in [1.82, 2.24) is 10.2 Å². The summed E-state index contributed by atoms with van der Waals surface area (Å²) in [6.45, 7) is 2.27. The molecule has 16 heavy (non-hydrogen) atoms. The molecule has 0 saturated heterocycles. The Morgan fingerprint density at radius 3 is 2.50 bits per heavy atom. The molecule has 4 nitrogen and oxygen atoms in total. The number of hydrogen-bond acceptors (Lipinski definition) is 4. The molecule has 0 amide bonds. The van der Waals surface area contributed by atoms with E-state index in [1.807, 2.05) is 31.2 Å². The van der Waals surface area contributed by atoms with Crippen molar-refractivity contribution in [2.24, 2.45) is 0 Å². The Kier molecular flexibility index (Phi) is 3.56. The molecular weight excluding hydrogens is 272 g/mol. The van der Waals surface area contributed by atoms with Crippen LogP contribution in [-0.4, -0.2) is 10.2 Å². The van der Waals surface area contributed by atoms with E-state index < -0.39 is 0 Å². The molecular formula is C11H11BrN2O2. The van der Waals surface area contributed by atoms with Crippen molar-refractivity contribution in [3.63, 3.8) is 0 Å². The van der Waals surface area contributed by atoms with Crippen LogP contribution in [0.3, 0.4) is 0 Å². The lowest BCUT2D eigenvalue weighted by atomic mass is 10.3. The lowest BCUT2D eigenvalue weighted by molar-refractivity contribution is 0.259. The molecule has 0 N–H and O–H groups in total. The Morgan fingerprint density at radius 1 is 1.19 bits per heavy atom. The van der Waals surface area contributed by atoms with Crippen molar-refractivity contribution < 1.29 is 9.15 Å². The molecule has 0 fully saturated rings. The minimum absolute atomic E-state index is 0.300. The first-order valence-corrected chi connectivity index (χ1v) is 5.77. The van der Waals surface area contributed by atoms with E-state index in [0.717, 1.165) is 16.6 Å². The minimum Gasteiger partial charge on any atom is -0.484 e. The van der Waals surface area contributed by atoms with Crippen molar-refractivity contribution in [3.8, 4) is 5.75 Å². The number of aromatic nitrogens is 2. The molecule has 0 atom stereocenters. The lowest BCUT2D eigenvalue weighted by Crippen LogP contribution is -1.95. The Hall–Kier alpha value is -1.36. The number of halogens is 1. The van der Waals surface area contributed by atoms with E-state index in [9.17, 15) is 0 Å². The summed E-state index contributed by atoms with van der Waals surface area (Å²) in [6.07, 6.45) is 0.741. The third-order valence-corrected chi connectivity index (χ3v) is 2.52. The summed E-state index contributed by atoms with van der Waals surface area (Å²) in [5.41, 5.74) is 0. The lowest BCUT2D eigenvalue weighted by Gasteiger charge is -2.02. The maximum atomic E-state index is 5.49. The van der Waals surface area contributed by atoms with Gasteiger partial charge in [-0.2, -0.15) is 0 Å². The van der Waals surface area contributed by atoms with Crippen LogP contribution >= 0.6 is 15.9 Å². The SMILES string of the molecule is CCc1nnc(COc2ccc(Br)cc2)o1. The van der Waals surface area contributed by atoms with E-state index in [1.54, 1.807) is 0 Å². The molecule has 0 radical (unpaired) electrons. The monoisotopic (exact) mass is 282 g/mol. The summed E-state index contributed by atoms with van der Waals surface area (Å²) < 4.78 is 11.8. The highest BCUT2D eigenvalue weighted by Gasteiger charge is 2.04. The van der Waals surface area contributed by atoms with Gasteiger partial charge in [-0.3, -0.25) is 0 Å². The van der Waals surface area contributed by atoms with Crippen LogP contribution < -0.4 is 4.74 Å². The predicted octanol–water partition coefficient (Wildman–Crippen LogP) is 2.97. The van der Waals surface area contributed by atoms with Crippen molar-refractivity contribution in [2.45, 2.75) is 20.0 Å². The van der Waals surface area contributed by atoms with Gasteiger partial charge in [0.05, 0.1) is 0 Å². The average Bonchev–Trinajstić information content (AvgIpc) is 2.76. The second-order valence-corrected chi connectivity index (χ2v) is 4.10. The van der Waals surface area contributed by atoms with Crippen LogP contribution in [0.2, 0.25) is 0 Å². The summed E-state index contributed by atoms with van der Waals surface area (Å²) in [7, 11) is 0. The third kappa shape index (κ3) is 2.82. The highest BCUT2D eigenvalue weighted by Crippen LogP contribution is 2.17. The summed E-state index contributed by atoms with van der Waals surface area (Å²) in [5.74, 6) is 1.91. The Labute approximate surface area is 102 Å². The predicted molar refractivity (Wildman–Crippen MR) is 62.2 cm³/mol. The zero-order valence-corrected chi connectivity index (χ0v) is 10.4. The van der Waals surface area contributed by atoms with Gasteiger partial charge in [-0.15, -0.1) is 10.2 Å². The molecule has 0 bridgehead atoms. The summed E-state index contributed by atoms with van der Waals surface area (Å²) in [6, 6.07) is 7.59. The van der Waals surface area contributed by atoms with Crippen LogP contribution in [0.15, 0.2) is 33.2 Å². The number of hydrogen-bond donors (Lipinski definition) is 0. The molecule has 1 aromatic carbocycles. The van der Waals surface area contributed by atoms with E-state index in [-0.39, 0.29) is 0 Å².